The molecule has 0 bridgehead atoms. The van der Waals surface area contributed by atoms with Gasteiger partial charge in [0.15, 0.2) is 0 Å². The van der Waals surface area contributed by atoms with Crippen LogP contribution in [0.2, 0.25) is 0 Å². The van der Waals surface area contributed by atoms with Crippen molar-refractivity contribution in [1.82, 2.24) is 0 Å². The Labute approximate surface area is 103 Å². The summed E-state index contributed by atoms with van der Waals surface area (Å²) in [6.07, 6.45) is 3.49. The predicted molar refractivity (Wildman–Crippen MR) is 69.6 cm³/mol. The lowest BCUT2D eigenvalue weighted by molar-refractivity contribution is 0.526. The van der Waals surface area contributed by atoms with Gasteiger partial charge in [0, 0.05) is 24.8 Å². The quantitative estimate of drug-likeness (QED) is 0.871. The molecule has 3 heteroatoms. The summed E-state index contributed by atoms with van der Waals surface area (Å²) in [4.78, 5) is 2.31. The smallest absolute Gasteiger partial charge is 0.123 e. The molecule has 2 nitrogen and oxygen atoms in total. The van der Waals surface area contributed by atoms with E-state index in [0.29, 0.717) is 12.0 Å². The van der Waals surface area contributed by atoms with Crippen LogP contribution in [-0.4, -0.2) is 19.1 Å². The molecule has 1 aromatic rings. The highest BCUT2D eigenvalue weighted by atomic mass is 19.1. The summed E-state index contributed by atoms with van der Waals surface area (Å²) in [6.45, 7) is 4.13. The predicted octanol–water partition coefficient (Wildman–Crippen LogP) is 2.78. The molecular weight excluding hydrogens is 215 g/mol. The molecule has 0 aromatic heterocycles. The van der Waals surface area contributed by atoms with Gasteiger partial charge >= 0.3 is 0 Å². The zero-order valence-electron chi connectivity index (χ0n) is 10.4. The molecule has 2 rings (SSSR count). The molecule has 1 aliphatic rings. The largest absolute Gasteiger partial charge is 0.372 e. The van der Waals surface area contributed by atoms with Gasteiger partial charge in [-0.25, -0.2) is 4.39 Å². The molecule has 2 atom stereocenters. The fourth-order valence-corrected chi connectivity index (χ4v) is 2.66. The first-order valence-electron chi connectivity index (χ1n) is 6.45. The topological polar surface area (TPSA) is 29.3 Å². The van der Waals surface area contributed by atoms with Gasteiger partial charge in [0.25, 0.3) is 0 Å². The van der Waals surface area contributed by atoms with E-state index >= 15 is 0 Å². The number of nitrogens with two attached hydrogens (primary N) is 1. The van der Waals surface area contributed by atoms with Gasteiger partial charge in [-0.15, -0.1) is 0 Å². The van der Waals surface area contributed by atoms with Crippen LogP contribution in [0.15, 0.2) is 24.3 Å². The zero-order chi connectivity index (χ0) is 12.3. The fraction of sp³-hybridized carbons (Fsp3) is 0.571. The average Bonchev–Trinajstić information content (AvgIpc) is 2.73. The van der Waals surface area contributed by atoms with E-state index in [1.165, 1.54) is 18.6 Å². The summed E-state index contributed by atoms with van der Waals surface area (Å²) in [5.41, 5.74) is 7.04. The molecular formula is C14H21FN2. The van der Waals surface area contributed by atoms with Crippen molar-refractivity contribution in [3.05, 3.63) is 30.1 Å². The number of rotatable bonds is 4. The number of hydrogen-bond acceptors (Lipinski definition) is 2. The molecule has 1 aromatic carbocycles. The maximum absolute atomic E-state index is 12.9. The Morgan fingerprint density at radius 2 is 2.00 bits per heavy atom. The highest BCUT2D eigenvalue weighted by Gasteiger charge is 2.23. The van der Waals surface area contributed by atoms with E-state index in [4.69, 9.17) is 5.73 Å². The van der Waals surface area contributed by atoms with E-state index in [9.17, 15) is 4.39 Å². The van der Waals surface area contributed by atoms with Crippen molar-refractivity contribution >= 4 is 5.69 Å². The molecule has 0 spiro atoms. The van der Waals surface area contributed by atoms with Crippen molar-refractivity contribution in [1.29, 1.82) is 0 Å². The molecule has 0 amide bonds. The standard InChI is InChI=1S/C14H21FN2/c1-2-17(10-11-3-6-13(16)9-11)14-7-4-12(15)5-8-14/h4-5,7-8,11,13H,2-3,6,9-10,16H2,1H3. The van der Waals surface area contributed by atoms with Gasteiger partial charge in [-0.05, 0) is 56.4 Å². The molecule has 1 saturated carbocycles. The summed E-state index contributed by atoms with van der Waals surface area (Å²) >= 11 is 0. The zero-order valence-corrected chi connectivity index (χ0v) is 10.4. The first-order chi connectivity index (χ1) is 8.19. The highest BCUT2D eigenvalue weighted by Crippen LogP contribution is 2.26. The summed E-state index contributed by atoms with van der Waals surface area (Å²) in [5.74, 6) is 0.516. The van der Waals surface area contributed by atoms with Gasteiger partial charge in [-0.3, -0.25) is 0 Å². The minimum absolute atomic E-state index is 0.173. The lowest BCUT2D eigenvalue weighted by atomic mass is 10.1. The van der Waals surface area contributed by atoms with Crippen molar-refractivity contribution < 1.29 is 4.39 Å². The van der Waals surface area contributed by atoms with E-state index in [-0.39, 0.29) is 5.82 Å². The van der Waals surface area contributed by atoms with Gasteiger partial charge in [0.2, 0.25) is 0 Å². The molecule has 0 heterocycles. The van der Waals surface area contributed by atoms with Crippen LogP contribution >= 0.6 is 0 Å². The molecule has 17 heavy (non-hydrogen) atoms. The van der Waals surface area contributed by atoms with Crippen molar-refractivity contribution in [3.8, 4) is 0 Å². The van der Waals surface area contributed by atoms with Crippen LogP contribution in [-0.2, 0) is 0 Å². The van der Waals surface area contributed by atoms with E-state index in [1.807, 2.05) is 12.1 Å². The summed E-state index contributed by atoms with van der Waals surface area (Å²) < 4.78 is 12.9. The fourth-order valence-electron chi connectivity index (χ4n) is 2.66. The number of hydrogen-bond donors (Lipinski definition) is 1. The van der Waals surface area contributed by atoms with Crippen LogP contribution in [0, 0.1) is 11.7 Å². The highest BCUT2D eigenvalue weighted by molar-refractivity contribution is 5.46. The second-order valence-electron chi connectivity index (χ2n) is 4.95. The van der Waals surface area contributed by atoms with Crippen molar-refractivity contribution in [2.75, 3.05) is 18.0 Å². The molecule has 94 valence electrons. The third-order valence-electron chi connectivity index (χ3n) is 3.63. The second kappa shape index (κ2) is 5.50. The molecule has 0 aliphatic heterocycles. The normalized spacial score (nSPS) is 23.9. The number of halogens is 1. The Morgan fingerprint density at radius 1 is 1.29 bits per heavy atom. The number of nitrogens with zero attached hydrogens (tertiary/aromatic N) is 1. The van der Waals surface area contributed by atoms with Crippen LogP contribution in [0.1, 0.15) is 26.2 Å². The van der Waals surface area contributed by atoms with Gasteiger partial charge < -0.3 is 10.6 Å². The third kappa shape index (κ3) is 3.19. The Hall–Kier alpha value is -1.09. The maximum atomic E-state index is 12.9. The summed E-state index contributed by atoms with van der Waals surface area (Å²) in [7, 11) is 0. The van der Waals surface area contributed by atoms with Crippen LogP contribution in [0.25, 0.3) is 0 Å². The molecule has 2 N–H and O–H groups in total. The Bertz CT molecular complexity index is 350. The number of anilines is 1. The first-order valence-corrected chi connectivity index (χ1v) is 6.45. The molecule has 2 unspecified atom stereocenters. The van der Waals surface area contributed by atoms with E-state index < -0.39 is 0 Å². The second-order valence-corrected chi connectivity index (χ2v) is 4.95. The van der Waals surface area contributed by atoms with E-state index in [0.717, 1.165) is 31.6 Å². The van der Waals surface area contributed by atoms with E-state index in [1.54, 1.807) is 0 Å². The van der Waals surface area contributed by atoms with Crippen molar-refractivity contribution in [2.45, 2.75) is 32.2 Å². The average molecular weight is 236 g/mol. The van der Waals surface area contributed by atoms with Crippen LogP contribution in [0.5, 0.6) is 0 Å². The molecule has 0 saturated heterocycles. The van der Waals surface area contributed by atoms with E-state index in [2.05, 4.69) is 11.8 Å². The lowest BCUT2D eigenvalue weighted by Gasteiger charge is -2.26. The minimum Gasteiger partial charge on any atom is -0.372 e. The van der Waals surface area contributed by atoms with Crippen molar-refractivity contribution in [2.24, 2.45) is 11.7 Å². The molecule has 1 fully saturated rings. The monoisotopic (exact) mass is 236 g/mol. The summed E-state index contributed by atoms with van der Waals surface area (Å²) in [5, 5.41) is 0. The number of benzene rings is 1. The minimum atomic E-state index is -0.173. The van der Waals surface area contributed by atoms with Gasteiger partial charge in [0.05, 0.1) is 0 Å². The van der Waals surface area contributed by atoms with Gasteiger partial charge in [0.1, 0.15) is 5.82 Å². The van der Waals surface area contributed by atoms with Crippen LogP contribution < -0.4 is 10.6 Å². The Kier molecular flexibility index (Phi) is 4.00. The maximum Gasteiger partial charge on any atom is 0.123 e. The van der Waals surface area contributed by atoms with Gasteiger partial charge in [-0.1, -0.05) is 0 Å². The van der Waals surface area contributed by atoms with Crippen LogP contribution in [0.4, 0.5) is 10.1 Å². The van der Waals surface area contributed by atoms with Crippen LogP contribution in [0.3, 0.4) is 0 Å². The van der Waals surface area contributed by atoms with Crippen molar-refractivity contribution in [3.63, 3.8) is 0 Å². The molecule has 1 aliphatic carbocycles. The Balaban J connectivity index is 1.98. The van der Waals surface area contributed by atoms with Gasteiger partial charge in [-0.2, -0.15) is 0 Å². The SMILES string of the molecule is CCN(CC1CCC(N)C1)c1ccc(F)cc1. The first kappa shape index (κ1) is 12.4. The third-order valence-corrected chi connectivity index (χ3v) is 3.63. The summed E-state index contributed by atoms with van der Waals surface area (Å²) in [6, 6.07) is 7.14. The lowest BCUT2D eigenvalue weighted by Crippen LogP contribution is -2.29. The Morgan fingerprint density at radius 3 is 2.53 bits per heavy atom. The molecule has 0 radical (unpaired) electrons.